The lowest BCUT2D eigenvalue weighted by molar-refractivity contribution is -0.870. The van der Waals surface area contributed by atoms with Crippen LogP contribution in [-0.4, -0.2) is 85.1 Å². The molecule has 0 aliphatic rings. The van der Waals surface area contributed by atoms with Crippen molar-refractivity contribution in [2.75, 3.05) is 47.5 Å². The molecule has 0 radical (unpaired) electrons. The number of hydrogen-bond acceptors (Lipinski definition) is 7. The average Bonchev–Trinajstić information content (AvgIpc) is 2.41. The van der Waals surface area contributed by atoms with Gasteiger partial charge in [0, 0.05) is 12.8 Å². The van der Waals surface area contributed by atoms with Crippen LogP contribution in [0.1, 0.15) is 19.3 Å². The smallest absolute Gasteiger partial charge is 0.472 e. The molecule has 0 aromatic heterocycles. The minimum atomic E-state index is -4.31. The summed E-state index contributed by atoms with van der Waals surface area (Å²) >= 11 is 0. The summed E-state index contributed by atoms with van der Waals surface area (Å²) in [6.07, 6.45) is -1.36. The Morgan fingerprint density at radius 3 is 2.29 bits per heavy atom. The number of aliphatic hydroxyl groups is 1. The van der Waals surface area contributed by atoms with Gasteiger partial charge in [0.2, 0.25) is 0 Å². The van der Waals surface area contributed by atoms with Crippen LogP contribution in [0.4, 0.5) is 0 Å². The maximum atomic E-state index is 11.7. The molecule has 3 N–H and O–H groups in total. The van der Waals surface area contributed by atoms with Gasteiger partial charge in [0.25, 0.3) is 0 Å². The van der Waals surface area contributed by atoms with E-state index in [1.54, 1.807) is 0 Å². The third kappa shape index (κ3) is 13.4. The Hall–Kier alpha value is -1.03. The number of quaternary nitrogens is 1. The van der Waals surface area contributed by atoms with Crippen LogP contribution < -0.4 is 0 Å². The van der Waals surface area contributed by atoms with Gasteiger partial charge in [0.1, 0.15) is 19.3 Å². The fourth-order valence-corrected chi connectivity index (χ4v) is 2.14. The third-order valence-electron chi connectivity index (χ3n) is 2.71. The molecule has 0 aliphatic carbocycles. The molecule has 10 nitrogen and oxygen atoms in total. The maximum absolute atomic E-state index is 11.7. The summed E-state index contributed by atoms with van der Waals surface area (Å²) < 4.78 is 26.5. The summed E-state index contributed by atoms with van der Waals surface area (Å²) in [4.78, 5) is 31.3. The van der Waals surface area contributed by atoms with Crippen LogP contribution in [0.15, 0.2) is 0 Å². The number of nitrogens with zero attached hydrogens (tertiary/aromatic N) is 1. The highest BCUT2D eigenvalue weighted by Gasteiger charge is 2.25. The van der Waals surface area contributed by atoms with E-state index in [2.05, 4.69) is 0 Å². The van der Waals surface area contributed by atoms with Crippen molar-refractivity contribution in [1.29, 1.82) is 0 Å². The Morgan fingerprint density at radius 1 is 1.17 bits per heavy atom. The summed E-state index contributed by atoms with van der Waals surface area (Å²) in [5.74, 6) is -1.75. The lowest BCUT2D eigenvalue weighted by atomic mass is 10.2. The monoisotopic (exact) mass is 372 g/mol. The van der Waals surface area contributed by atoms with E-state index < -0.39 is 39.1 Å². The van der Waals surface area contributed by atoms with Gasteiger partial charge >= 0.3 is 19.8 Å². The molecule has 0 aromatic rings. The zero-order valence-electron chi connectivity index (χ0n) is 14.2. The van der Waals surface area contributed by atoms with Crippen LogP contribution >= 0.6 is 7.82 Å². The summed E-state index contributed by atoms with van der Waals surface area (Å²) in [5.41, 5.74) is 0. The quantitative estimate of drug-likeness (QED) is 0.231. The van der Waals surface area contributed by atoms with Crippen molar-refractivity contribution in [3.05, 3.63) is 0 Å². The van der Waals surface area contributed by atoms with Crippen LogP contribution in [0.5, 0.6) is 0 Å². The van der Waals surface area contributed by atoms with Gasteiger partial charge in [-0.3, -0.25) is 18.6 Å². The molecule has 142 valence electrons. The number of phosphoric acid groups is 1. The number of rotatable bonds is 13. The first-order chi connectivity index (χ1) is 10.9. The van der Waals surface area contributed by atoms with E-state index in [1.807, 2.05) is 21.1 Å². The topological polar surface area (TPSA) is 140 Å². The number of aliphatic hydroxyl groups excluding tert-OH is 1. The highest BCUT2D eigenvalue weighted by Crippen LogP contribution is 2.43. The lowest BCUT2D eigenvalue weighted by Gasteiger charge is -2.24. The molecule has 0 spiro atoms. The molecule has 2 atom stereocenters. The van der Waals surface area contributed by atoms with Crippen molar-refractivity contribution in [2.24, 2.45) is 0 Å². The minimum absolute atomic E-state index is 0.00392. The number of likely N-dealkylation sites (N-methyl/N-ethyl adjacent to an activating group) is 1. The molecular formula is C13H27NO9P+. The molecule has 11 heteroatoms. The number of esters is 1. The normalized spacial score (nSPS) is 15.5. The Kier molecular flexibility index (Phi) is 10.3. The van der Waals surface area contributed by atoms with E-state index in [1.165, 1.54) is 0 Å². The van der Waals surface area contributed by atoms with Crippen molar-refractivity contribution >= 4 is 19.8 Å². The van der Waals surface area contributed by atoms with Gasteiger partial charge < -0.3 is 24.3 Å². The third-order valence-corrected chi connectivity index (χ3v) is 3.70. The molecule has 0 bridgehead atoms. The van der Waals surface area contributed by atoms with Crippen molar-refractivity contribution in [2.45, 2.75) is 25.4 Å². The average molecular weight is 372 g/mol. The highest BCUT2D eigenvalue weighted by atomic mass is 31.2. The fourth-order valence-electron chi connectivity index (χ4n) is 1.40. The number of carbonyl (C=O) groups excluding carboxylic acids is 1. The van der Waals surface area contributed by atoms with Gasteiger partial charge in [-0.25, -0.2) is 4.57 Å². The molecule has 0 amide bonds. The van der Waals surface area contributed by atoms with Crippen LogP contribution in [0, 0.1) is 0 Å². The first kappa shape index (κ1) is 23.0. The van der Waals surface area contributed by atoms with Crippen LogP contribution in [0.25, 0.3) is 0 Å². The van der Waals surface area contributed by atoms with Crippen molar-refractivity contribution in [3.63, 3.8) is 0 Å². The molecule has 1 unspecified atom stereocenters. The van der Waals surface area contributed by atoms with E-state index in [-0.39, 0.29) is 25.9 Å². The Morgan fingerprint density at radius 2 is 1.79 bits per heavy atom. The second-order valence-electron chi connectivity index (χ2n) is 6.15. The molecule has 0 heterocycles. The highest BCUT2D eigenvalue weighted by molar-refractivity contribution is 7.47. The van der Waals surface area contributed by atoms with Crippen LogP contribution in [-0.2, 0) is 27.9 Å². The number of carboxylic acid groups (broad SMARTS) is 1. The lowest BCUT2D eigenvalue weighted by Crippen LogP contribution is -2.37. The Balaban J connectivity index is 4.15. The number of aliphatic carboxylic acids is 1. The second-order valence-corrected chi connectivity index (χ2v) is 7.61. The van der Waals surface area contributed by atoms with E-state index in [0.29, 0.717) is 11.0 Å². The standard InChI is InChI=1S/C13H26NO9P/c1-14(2,3)7-8-21-24(19,20)22-10-11(9-15)23-13(18)6-4-5-12(16)17/h11,15H,4-10H2,1-3H3,(H-,16,17,19,20)/p+1/t11-/m1/s1. The van der Waals surface area contributed by atoms with E-state index in [4.69, 9.17) is 24.0 Å². The maximum Gasteiger partial charge on any atom is 0.472 e. The zero-order valence-corrected chi connectivity index (χ0v) is 15.1. The molecular weight excluding hydrogens is 345 g/mol. The van der Waals surface area contributed by atoms with Gasteiger partial charge in [0.15, 0.2) is 0 Å². The number of ether oxygens (including phenoxy) is 1. The van der Waals surface area contributed by atoms with Crippen LogP contribution in [0.3, 0.4) is 0 Å². The van der Waals surface area contributed by atoms with E-state index in [9.17, 15) is 19.0 Å². The fraction of sp³-hybridized carbons (Fsp3) is 0.846. The number of carboxylic acids is 1. The summed E-state index contributed by atoms with van der Waals surface area (Å²) in [5, 5.41) is 17.6. The predicted molar refractivity (Wildman–Crippen MR) is 83.1 cm³/mol. The molecule has 0 rings (SSSR count). The summed E-state index contributed by atoms with van der Waals surface area (Å²) in [6.45, 7) is -0.644. The summed E-state index contributed by atoms with van der Waals surface area (Å²) in [6, 6.07) is 0. The second kappa shape index (κ2) is 10.8. The van der Waals surface area contributed by atoms with Gasteiger partial charge in [-0.1, -0.05) is 0 Å². The van der Waals surface area contributed by atoms with E-state index in [0.717, 1.165) is 0 Å². The van der Waals surface area contributed by atoms with Crippen molar-refractivity contribution in [1.82, 2.24) is 0 Å². The van der Waals surface area contributed by atoms with Gasteiger partial charge in [0.05, 0.1) is 34.4 Å². The molecule has 0 aromatic carbocycles. The minimum Gasteiger partial charge on any atom is -0.481 e. The Bertz CT molecular complexity index is 449. The largest absolute Gasteiger partial charge is 0.481 e. The molecule has 0 saturated heterocycles. The van der Waals surface area contributed by atoms with Gasteiger partial charge in [-0.2, -0.15) is 0 Å². The molecule has 0 aliphatic heterocycles. The molecule has 0 saturated carbocycles. The Labute approximate surface area is 141 Å². The van der Waals surface area contributed by atoms with E-state index >= 15 is 0 Å². The van der Waals surface area contributed by atoms with Gasteiger partial charge in [-0.05, 0) is 6.42 Å². The van der Waals surface area contributed by atoms with Gasteiger partial charge in [-0.15, -0.1) is 0 Å². The van der Waals surface area contributed by atoms with Crippen molar-refractivity contribution in [3.8, 4) is 0 Å². The number of phosphoric ester groups is 1. The first-order valence-corrected chi connectivity index (χ1v) is 8.89. The SMILES string of the molecule is C[N+](C)(C)CCOP(=O)(O)OC[C@@H](CO)OC(=O)CCCC(=O)O. The first-order valence-electron chi connectivity index (χ1n) is 7.39. The zero-order chi connectivity index (χ0) is 18.8. The molecule has 24 heavy (non-hydrogen) atoms. The number of hydrogen-bond donors (Lipinski definition) is 3. The number of carbonyl (C=O) groups is 2. The predicted octanol–water partition coefficient (Wildman–Crippen LogP) is -0.0148. The molecule has 0 fully saturated rings. The van der Waals surface area contributed by atoms with Crippen molar-refractivity contribution < 1.29 is 47.5 Å². The summed E-state index contributed by atoms with van der Waals surface area (Å²) in [7, 11) is 1.35. The van der Waals surface area contributed by atoms with Crippen LogP contribution in [0.2, 0.25) is 0 Å².